The van der Waals surface area contributed by atoms with Crippen molar-refractivity contribution in [1.82, 2.24) is 14.9 Å². The number of amides is 1. The first-order valence-corrected chi connectivity index (χ1v) is 9.92. The summed E-state index contributed by atoms with van der Waals surface area (Å²) in [6.07, 6.45) is 1.36. The maximum atomic E-state index is 12.8. The summed E-state index contributed by atoms with van der Waals surface area (Å²) in [4.78, 5) is 25.1. The summed E-state index contributed by atoms with van der Waals surface area (Å²) in [5.74, 6) is 1.91. The normalized spacial score (nSPS) is 14.9. The van der Waals surface area contributed by atoms with Crippen LogP contribution >= 0.6 is 0 Å². The first-order chi connectivity index (χ1) is 13.7. The lowest BCUT2D eigenvalue weighted by molar-refractivity contribution is -0.130. The van der Waals surface area contributed by atoms with Gasteiger partial charge in [-0.3, -0.25) is 4.79 Å². The molecule has 0 spiro atoms. The van der Waals surface area contributed by atoms with Crippen LogP contribution in [0.15, 0.2) is 48.5 Å². The number of anilines is 1. The van der Waals surface area contributed by atoms with E-state index in [0.717, 1.165) is 54.3 Å². The number of para-hydroxylation sites is 2. The van der Waals surface area contributed by atoms with E-state index in [1.165, 1.54) is 0 Å². The molecule has 0 aliphatic carbocycles. The summed E-state index contributed by atoms with van der Waals surface area (Å²) in [7, 11) is 0. The van der Waals surface area contributed by atoms with E-state index in [0.29, 0.717) is 19.6 Å². The van der Waals surface area contributed by atoms with Crippen LogP contribution in [0.2, 0.25) is 0 Å². The first-order valence-electron chi connectivity index (χ1n) is 9.92. The Morgan fingerprint density at radius 2 is 1.89 bits per heavy atom. The number of rotatable bonds is 5. The molecule has 2 aromatic carbocycles. The van der Waals surface area contributed by atoms with Crippen molar-refractivity contribution in [2.24, 2.45) is 0 Å². The van der Waals surface area contributed by atoms with Crippen LogP contribution in [0.3, 0.4) is 0 Å². The van der Waals surface area contributed by atoms with Gasteiger partial charge in [0, 0.05) is 26.2 Å². The zero-order valence-corrected chi connectivity index (χ0v) is 16.2. The van der Waals surface area contributed by atoms with E-state index in [1.54, 1.807) is 0 Å². The van der Waals surface area contributed by atoms with Crippen molar-refractivity contribution in [2.75, 3.05) is 37.7 Å². The van der Waals surface area contributed by atoms with Gasteiger partial charge in [0.2, 0.25) is 11.9 Å². The maximum Gasteiger partial charge on any atom is 0.227 e. The van der Waals surface area contributed by atoms with Crippen molar-refractivity contribution in [3.05, 3.63) is 54.1 Å². The number of aromatic nitrogens is 2. The Balaban J connectivity index is 1.37. The highest BCUT2D eigenvalue weighted by Gasteiger charge is 2.21. The van der Waals surface area contributed by atoms with Gasteiger partial charge in [0.25, 0.3) is 0 Å². The quantitative estimate of drug-likeness (QED) is 0.740. The van der Waals surface area contributed by atoms with Crippen molar-refractivity contribution in [3.8, 4) is 5.75 Å². The Morgan fingerprint density at radius 3 is 2.68 bits per heavy atom. The Labute approximate surface area is 165 Å². The molecule has 1 aliphatic rings. The van der Waals surface area contributed by atoms with Crippen molar-refractivity contribution >= 4 is 22.9 Å². The highest BCUT2D eigenvalue weighted by Crippen LogP contribution is 2.19. The van der Waals surface area contributed by atoms with Crippen LogP contribution in [0, 0.1) is 0 Å². The second-order valence-electron chi connectivity index (χ2n) is 7.05. The molecule has 1 aliphatic heterocycles. The van der Waals surface area contributed by atoms with E-state index in [1.807, 2.05) is 60.4 Å². The van der Waals surface area contributed by atoms with Gasteiger partial charge in [0.15, 0.2) is 0 Å². The molecule has 146 valence electrons. The van der Waals surface area contributed by atoms with E-state index in [4.69, 9.17) is 9.72 Å². The molecule has 0 unspecified atom stereocenters. The largest absolute Gasteiger partial charge is 0.494 e. The number of imidazole rings is 1. The number of hydrogen-bond acceptors (Lipinski definition) is 4. The number of carbonyl (C=O) groups excluding carboxylic acids is 1. The molecular weight excluding hydrogens is 352 g/mol. The van der Waals surface area contributed by atoms with Crippen LogP contribution in [-0.2, 0) is 11.2 Å². The van der Waals surface area contributed by atoms with Gasteiger partial charge in [0.1, 0.15) is 5.75 Å². The Kier molecular flexibility index (Phi) is 5.46. The highest BCUT2D eigenvalue weighted by atomic mass is 16.5. The molecule has 2 heterocycles. The first kappa shape index (κ1) is 18.3. The fraction of sp³-hybridized carbons (Fsp3) is 0.364. The third kappa shape index (κ3) is 4.11. The third-order valence-electron chi connectivity index (χ3n) is 5.11. The molecule has 0 bridgehead atoms. The molecule has 28 heavy (non-hydrogen) atoms. The second-order valence-corrected chi connectivity index (χ2v) is 7.05. The average molecular weight is 378 g/mol. The molecule has 3 aromatic rings. The van der Waals surface area contributed by atoms with Gasteiger partial charge in [-0.25, -0.2) is 4.98 Å². The van der Waals surface area contributed by atoms with Gasteiger partial charge in [-0.05, 0) is 43.2 Å². The number of benzene rings is 2. The number of ether oxygens (including phenoxy) is 1. The molecular formula is C22H26N4O2. The molecule has 6 nitrogen and oxygen atoms in total. The number of fused-ring (bicyclic) bond motifs is 1. The molecule has 1 aromatic heterocycles. The Morgan fingerprint density at radius 1 is 1.07 bits per heavy atom. The summed E-state index contributed by atoms with van der Waals surface area (Å²) in [6, 6.07) is 15.9. The van der Waals surface area contributed by atoms with Crippen LogP contribution in [0.1, 0.15) is 18.9 Å². The van der Waals surface area contributed by atoms with Crippen molar-refractivity contribution in [1.29, 1.82) is 0 Å². The van der Waals surface area contributed by atoms with E-state index in [9.17, 15) is 4.79 Å². The number of aromatic amines is 1. The number of H-pyrrole nitrogens is 1. The lowest BCUT2D eigenvalue weighted by atomic mass is 10.1. The lowest BCUT2D eigenvalue weighted by Crippen LogP contribution is -2.36. The molecule has 1 saturated heterocycles. The molecule has 1 N–H and O–H groups in total. The monoisotopic (exact) mass is 378 g/mol. The highest BCUT2D eigenvalue weighted by molar-refractivity contribution is 5.79. The predicted octanol–water partition coefficient (Wildman–Crippen LogP) is 3.24. The summed E-state index contributed by atoms with van der Waals surface area (Å²) < 4.78 is 5.46. The van der Waals surface area contributed by atoms with Crippen molar-refractivity contribution in [3.63, 3.8) is 0 Å². The minimum absolute atomic E-state index is 0.176. The number of nitrogens with zero attached hydrogens (tertiary/aromatic N) is 3. The second kappa shape index (κ2) is 8.33. The topological polar surface area (TPSA) is 61.5 Å². The van der Waals surface area contributed by atoms with Gasteiger partial charge in [-0.15, -0.1) is 0 Å². The molecule has 1 amide bonds. The Hall–Kier alpha value is -3.02. The molecule has 0 atom stereocenters. The fourth-order valence-corrected chi connectivity index (χ4v) is 3.62. The van der Waals surface area contributed by atoms with Gasteiger partial charge in [-0.2, -0.15) is 0 Å². The minimum atomic E-state index is 0.176. The number of nitrogens with one attached hydrogen (secondary N) is 1. The average Bonchev–Trinajstić information content (AvgIpc) is 2.98. The Bertz CT molecular complexity index is 902. The third-order valence-corrected chi connectivity index (χ3v) is 5.11. The molecule has 4 rings (SSSR count). The zero-order chi connectivity index (χ0) is 19.3. The molecule has 1 fully saturated rings. The molecule has 6 heteroatoms. The van der Waals surface area contributed by atoms with Gasteiger partial charge < -0.3 is 19.5 Å². The molecule has 0 radical (unpaired) electrons. The summed E-state index contributed by atoms with van der Waals surface area (Å²) >= 11 is 0. The minimum Gasteiger partial charge on any atom is -0.494 e. The summed E-state index contributed by atoms with van der Waals surface area (Å²) in [5.41, 5.74) is 3.04. The van der Waals surface area contributed by atoms with Crippen molar-refractivity contribution in [2.45, 2.75) is 19.8 Å². The summed E-state index contributed by atoms with van der Waals surface area (Å²) in [6.45, 7) is 5.79. The lowest BCUT2D eigenvalue weighted by Gasteiger charge is -2.22. The van der Waals surface area contributed by atoms with Crippen LogP contribution in [-0.4, -0.2) is 53.6 Å². The summed E-state index contributed by atoms with van der Waals surface area (Å²) in [5, 5.41) is 0. The van der Waals surface area contributed by atoms with E-state index in [2.05, 4.69) is 9.88 Å². The smallest absolute Gasteiger partial charge is 0.227 e. The van der Waals surface area contributed by atoms with Gasteiger partial charge in [-0.1, -0.05) is 24.3 Å². The van der Waals surface area contributed by atoms with E-state index < -0.39 is 0 Å². The standard InChI is InChI=1S/C22H26N4O2/c1-2-28-18-10-8-17(9-11-18)16-21(27)25-12-5-13-26(15-14-25)22-23-19-6-3-4-7-20(19)24-22/h3-4,6-11H,2,5,12-16H2,1H3,(H,23,24). The van der Waals surface area contributed by atoms with E-state index >= 15 is 0 Å². The number of carbonyl (C=O) groups is 1. The van der Waals surface area contributed by atoms with Gasteiger partial charge in [0.05, 0.1) is 24.1 Å². The van der Waals surface area contributed by atoms with E-state index in [-0.39, 0.29) is 5.91 Å². The SMILES string of the molecule is CCOc1ccc(CC(=O)N2CCCN(c3nc4ccccc4[nH]3)CC2)cc1. The van der Waals surface area contributed by atoms with Crippen LogP contribution in [0.4, 0.5) is 5.95 Å². The maximum absolute atomic E-state index is 12.8. The molecule has 0 saturated carbocycles. The van der Waals surface area contributed by atoms with Crippen LogP contribution in [0.25, 0.3) is 11.0 Å². The van der Waals surface area contributed by atoms with Crippen LogP contribution in [0.5, 0.6) is 5.75 Å². The van der Waals surface area contributed by atoms with Crippen LogP contribution < -0.4 is 9.64 Å². The van der Waals surface area contributed by atoms with Crippen molar-refractivity contribution < 1.29 is 9.53 Å². The predicted molar refractivity (Wildman–Crippen MR) is 111 cm³/mol. The van der Waals surface area contributed by atoms with Gasteiger partial charge >= 0.3 is 0 Å². The zero-order valence-electron chi connectivity index (χ0n) is 16.2. The number of hydrogen-bond donors (Lipinski definition) is 1. The fourth-order valence-electron chi connectivity index (χ4n) is 3.62.